The highest BCUT2D eigenvalue weighted by atomic mass is 32.1. The Bertz CT molecular complexity index is 1090. The van der Waals surface area contributed by atoms with E-state index >= 15 is 0 Å². The van der Waals surface area contributed by atoms with Gasteiger partial charge in [0.25, 0.3) is 0 Å². The number of nitrogens with one attached hydrogen (secondary N) is 3. The molecule has 2 atom stereocenters. The summed E-state index contributed by atoms with van der Waals surface area (Å²) in [7, 11) is 0. The molecule has 8 heteroatoms. The summed E-state index contributed by atoms with van der Waals surface area (Å²) >= 11 is 5.23. The van der Waals surface area contributed by atoms with Gasteiger partial charge < -0.3 is 20.9 Å². The van der Waals surface area contributed by atoms with Crippen molar-refractivity contribution in [3.05, 3.63) is 70.6 Å². The van der Waals surface area contributed by atoms with Gasteiger partial charge in [-0.25, -0.2) is 0 Å². The third-order valence-electron chi connectivity index (χ3n) is 6.14. The van der Waals surface area contributed by atoms with E-state index in [9.17, 15) is 9.59 Å². The average Bonchev–Trinajstić information content (AvgIpc) is 2.81. The van der Waals surface area contributed by atoms with Gasteiger partial charge in [-0.05, 0) is 67.2 Å². The van der Waals surface area contributed by atoms with E-state index in [1.807, 2.05) is 55.3 Å². The summed E-state index contributed by atoms with van der Waals surface area (Å²) in [5.74, 6) is -0.0802. The van der Waals surface area contributed by atoms with E-state index in [0.29, 0.717) is 31.2 Å². The first-order valence-corrected chi connectivity index (χ1v) is 11.6. The van der Waals surface area contributed by atoms with Crippen LogP contribution >= 0.6 is 12.2 Å². The molecule has 2 aliphatic heterocycles. The van der Waals surface area contributed by atoms with Crippen molar-refractivity contribution < 1.29 is 9.59 Å². The predicted molar refractivity (Wildman–Crippen MR) is 132 cm³/mol. The van der Waals surface area contributed by atoms with Crippen molar-refractivity contribution in [2.75, 3.05) is 6.54 Å². The van der Waals surface area contributed by atoms with E-state index in [-0.39, 0.29) is 23.9 Å². The molecule has 1 fully saturated rings. The molecule has 172 valence electrons. The second kappa shape index (κ2) is 10.1. The van der Waals surface area contributed by atoms with Gasteiger partial charge in [0.05, 0.1) is 0 Å². The minimum atomic E-state index is -0.302. The predicted octanol–water partition coefficient (Wildman–Crippen LogP) is 2.23. The van der Waals surface area contributed by atoms with Crippen molar-refractivity contribution in [3.63, 3.8) is 0 Å². The van der Waals surface area contributed by atoms with E-state index in [4.69, 9.17) is 12.2 Å². The van der Waals surface area contributed by atoms with Gasteiger partial charge in [-0.3, -0.25) is 14.6 Å². The second-order valence-electron chi connectivity index (χ2n) is 8.60. The lowest BCUT2D eigenvalue weighted by molar-refractivity contribution is -0.134. The van der Waals surface area contributed by atoms with Crippen LogP contribution < -0.4 is 16.0 Å². The van der Waals surface area contributed by atoms with Crippen LogP contribution in [0.25, 0.3) is 6.08 Å². The van der Waals surface area contributed by atoms with Crippen molar-refractivity contribution in [2.24, 2.45) is 0 Å². The molecule has 4 rings (SSSR count). The SMILES string of the molecule is Cc1ncc2c(c1CNC(=O)/C=C/c1ccccc1)CCN(C(=O)[C@@H]1C[C@@H](C)NC(=S)N1)C2. The largest absolute Gasteiger partial charge is 0.360 e. The number of aryl methyl sites for hydroxylation is 1. The first kappa shape index (κ1) is 22.9. The summed E-state index contributed by atoms with van der Waals surface area (Å²) in [6.45, 7) is 5.55. The van der Waals surface area contributed by atoms with Crippen molar-refractivity contribution >= 4 is 35.2 Å². The van der Waals surface area contributed by atoms with Crippen LogP contribution in [0, 0.1) is 6.92 Å². The van der Waals surface area contributed by atoms with Gasteiger partial charge in [0.2, 0.25) is 11.8 Å². The number of hydrogen-bond donors (Lipinski definition) is 3. The van der Waals surface area contributed by atoms with Crippen LogP contribution in [0.1, 0.15) is 41.3 Å². The van der Waals surface area contributed by atoms with Gasteiger partial charge >= 0.3 is 0 Å². The Morgan fingerprint density at radius 3 is 2.82 bits per heavy atom. The number of amides is 2. The Hall–Kier alpha value is -3.26. The number of carbonyl (C=O) groups is 2. The van der Waals surface area contributed by atoms with Crippen molar-refractivity contribution in [3.8, 4) is 0 Å². The number of fused-ring (bicyclic) bond motifs is 1. The lowest BCUT2D eigenvalue weighted by atomic mass is 9.94. The average molecular weight is 464 g/mol. The van der Waals surface area contributed by atoms with Gasteiger partial charge in [0.15, 0.2) is 5.11 Å². The number of rotatable bonds is 5. The van der Waals surface area contributed by atoms with Crippen LogP contribution in [0.15, 0.2) is 42.6 Å². The maximum atomic E-state index is 13.1. The fourth-order valence-corrected chi connectivity index (χ4v) is 4.74. The molecule has 0 saturated carbocycles. The molecule has 3 heterocycles. The molecule has 1 aromatic heterocycles. The van der Waals surface area contributed by atoms with Crippen molar-refractivity contribution in [1.29, 1.82) is 0 Å². The van der Waals surface area contributed by atoms with E-state index < -0.39 is 0 Å². The summed E-state index contributed by atoms with van der Waals surface area (Å²) < 4.78 is 0. The van der Waals surface area contributed by atoms with Crippen molar-refractivity contribution in [1.82, 2.24) is 25.8 Å². The number of benzene rings is 1. The standard InChI is InChI=1S/C25H29N5O2S/c1-16-12-22(29-25(33)28-16)24(32)30-11-10-20-19(15-30)13-26-17(2)21(20)14-27-23(31)9-8-18-6-4-3-5-7-18/h3-9,13,16,22H,10-12,14-15H2,1-2H3,(H,27,31)(H2,28,29,33)/b9-8+/t16-,22+/m1/s1. The van der Waals surface area contributed by atoms with E-state index in [0.717, 1.165) is 28.8 Å². The third-order valence-corrected chi connectivity index (χ3v) is 6.38. The molecule has 0 radical (unpaired) electrons. The van der Waals surface area contributed by atoms with E-state index in [2.05, 4.69) is 20.9 Å². The molecule has 1 saturated heterocycles. The maximum absolute atomic E-state index is 13.1. The van der Waals surface area contributed by atoms with Gasteiger partial charge in [0, 0.05) is 43.6 Å². The molecule has 0 spiro atoms. The molecule has 7 nitrogen and oxygen atoms in total. The number of pyridine rings is 1. The first-order chi connectivity index (χ1) is 15.9. The summed E-state index contributed by atoms with van der Waals surface area (Å²) in [6, 6.07) is 9.58. The Balaban J connectivity index is 1.41. The highest BCUT2D eigenvalue weighted by Crippen LogP contribution is 2.25. The lowest BCUT2D eigenvalue weighted by Crippen LogP contribution is -2.59. The van der Waals surface area contributed by atoms with Gasteiger partial charge in [-0.1, -0.05) is 30.3 Å². The summed E-state index contributed by atoms with van der Waals surface area (Å²) in [6.07, 6.45) is 6.63. The molecular formula is C25H29N5O2S. The molecular weight excluding hydrogens is 434 g/mol. The molecule has 3 N–H and O–H groups in total. The summed E-state index contributed by atoms with van der Waals surface area (Å²) in [5.41, 5.74) is 5.14. The number of carbonyl (C=O) groups excluding carboxylic acids is 2. The number of aromatic nitrogens is 1. The monoisotopic (exact) mass is 463 g/mol. The quantitative estimate of drug-likeness (QED) is 0.466. The lowest BCUT2D eigenvalue weighted by Gasteiger charge is -2.36. The zero-order chi connectivity index (χ0) is 23.4. The van der Waals surface area contributed by atoms with Crippen LogP contribution in [0.4, 0.5) is 0 Å². The minimum absolute atomic E-state index is 0.0674. The van der Waals surface area contributed by atoms with Crippen LogP contribution in [0.5, 0.6) is 0 Å². The summed E-state index contributed by atoms with van der Waals surface area (Å²) in [4.78, 5) is 31.9. The fourth-order valence-electron chi connectivity index (χ4n) is 4.39. The first-order valence-electron chi connectivity index (χ1n) is 11.2. The molecule has 2 aromatic rings. The van der Waals surface area contributed by atoms with E-state index in [1.54, 1.807) is 12.2 Å². The molecule has 33 heavy (non-hydrogen) atoms. The Morgan fingerprint density at radius 2 is 2.06 bits per heavy atom. The smallest absolute Gasteiger partial charge is 0.245 e. The van der Waals surface area contributed by atoms with Crippen molar-refractivity contribution in [2.45, 2.75) is 51.9 Å². The van der Waals surface area contributed by atoms with Crippen LogP contribution in [0.2, 0.25) is 0 Å². The minimum Gasteiger partial charge on any atom is -0.360 e. The van der Waals surface area contributed by atoms with Crippen LogP contribution in [-0.4, -0.2) is 45.4 Å². The second-order valence-corrected chi connectivity index (χ2v) is 9.01. The highest BCUT2D eigenvalue weighted by Gasteiger charge is 2.32. The molecule has 0 bridgehead atoms. The third kappa shape index (κ3) is 5.57. The molecule has 0 aliphatic carbocycles. The Morgan fingerprint density at radius 1 is 1.27 bits per heavy atom. The van der Waals surface area contributed by atoms with Gasteiger partial charge in [-0.2, -0.15) is 0 Å². The fraction of sp³-hybridized carbons (Fsp3) is 0.360. The molecule has 0 unspecified atom stereocenters. The zero-order valence-electron chi connectivity index (χ0n) is 18.9. The maximum Gasteiger partial charge on any atom is 0.245 e. The zero-order valence-corrected chi connectivity index (χ0v) is 19.7. The van der Waals surface area contributed by atoms with E-state index in [1.165, 1.54) is 5.56 Å². The topological polar surface area (TPSA) is 86.4 Å². The number of nitrogens with zero attached hydrogens (tertiary/aromatic N) is 2. The van der Waals surface area contributed by atoms with Gasteiger partial charge in [-0.15, -0.1) is 0 Å². The van der Waals surface area contributed by atoms with Gasteiger partial charge in [0.1, 0.15) is 6.04 Å². The molecule has 2 amide bonds. The highest BCUT2D eigenvalue weighted by molar-refractivity contribution is 7.80. The summed E-state index contributed by atoms with van der Waals surface area (Å²) in [5, 5.41) is 9.75. The van der Waals surface area contributed by atoms with Crippen LogP contribution in [-0.2, 0) is 29.1 Å². The Kier molecular flexibility index (Phi) is 7.03. The molecule has 2 aliphatic rings. The normalized spacial score (nSPS) is 20.1. The van der Waals surface area contributed by atoms with Crippen LogP contribution in [0.3, 0.4) is 0 Å². The number of hydrogen-bond acceptors (Lipinski definition) is 4. The Labute approximate surface area is 199 Å². The molecule has 1 aromatic carbocycles. The number of thiocarbonyl (C=S) groups is 1.